The molecule has 1 fully saturated rings. The van der Waals surface area contributed by atoms with Gasteiger partial charge in [0.2, 0.25) is 0 Å². The van der Waals surface area contributed by atoms with Crippen LogP contribution in [0.2, 0.25) is 0 Å². The molecule has 0 spiro atoms. The van der Waals surface area contributed by atoms with Gasteiger partial charge < -0.3 is 14.6 Å². The molecule has 1 N–H and O–H groups in total. The van der Waals surface area contributed by atoms with Crippen LogP contribution in [0.15, 0.2) is 12.5 Å². The first-order chi connectivity index (χ1) is 9.46. The Labute approximate surface area is 120 Å². The van der Waals surface area contributed by atoms with Gasteiger partial charge in [0.1, 0.15) is 5.60 Å². The summed E-state index contributed by atoms with van der Waals surface area (Å²) in [6.07, 6.45) is 9.33. The molecule has 0 saturated heterocycles. The van der Waals surface area contributed by atoms with Crippen molar-refractivity contribution < 1.29 is 9.53 Å². The molecule has 0 unspecified atom stereocenters. The van der Waals surface area contributed by atoms with E-state index < -0.39 is 5.60 Å². The largest absolute Gasteiger partial charge is 0.444 e. The van der Waals surface area contributed by atoms with Gasteiger partial charge in [-0.3, -0.25) is 0 Å². The van der Waals surface area contributed by atoms with Crippen molar-refractivity contribution >= 4 is 6.09 Å². The Bertz CT molecular complexity index is 442. The molecule has 0 aliphatic heterocycles. The molecule has 5 heteroatoms. The van der Waals surface area contributed by atoms with Crippen LogP contribution in [-0.4, -0.2) is 27.8 Å². The molecule has 1 saturated carbocycles. The van der Waals surface area contributed by atoms with Crippen LogP contribution in [-0.2, 0) is 11.2 Å². The van der Waals surface area contributed by atoms with Gasteiger partial charge in [0.25, 0.3) is 0 Å². The Morgan fingerprint density at radius 3 is 2.80 bits per heavy atom. The topological polar surface area (TPSA) is 56.1 Å². The van der Waals surface area contributed by atoms with Gasteiger partial charge in [0.15, 0.2) is 0 Å². The number of nitrogens with zero attached hydrogens (tertiary/aromatic N) is 2. The maximum atomic E-state index is 11.6. The monoisotopic (exact) mass is 279 g/mol. The fourth-order valence-corrected chi connectivity index (χ4v) is 2.64. The molecule has 5 nitrogen and oxygen atoms in total. The molecule has 1 aliphatic carbocycles. The summed E-state index contributed by atoms with van der Waals surface area (Å²) in [7, 11) is 0. The van der Waals surface area contributed by atoms with Crippen LogP contribution in [0, 0.1) is 0 Å². The number of ether oxygens (including phenoxy) is 1. The van der Waals surface area contributed by atoms with Gasteiger partial charge in [-0.15, -0.1) is 0 Å². The van der Waals surface area contributed by atoms with Crippen LogP contribution in [0.5, 0.6) is 0 Å². The predicted molar refractivity (Wildman–Crippen MR) is 77.7 cm³/mol. The molecule has 0 radical (unpaired) electrons. The summed E-state index contributed by atoms with van der Waals surface area (Å²) in [5.74, 6) is 0. The molecular weight excluding hydrogens is 254 g/mol. The van der Waals surface area contributed by atoms with E-state index in [0.29, 0.717) is 12.6 Å². The van der Waals surface area contributed by atoms with Crippen LogP contribution < -0.4 is 5.32 Å². The van der Waals surface area contributed by atoms with Gasteiger partial charge >= 0.3 is 6.09 Å². The summed E-state index contributed by atoms with van der Waals surface area (Å²) in [5.41, 5.74) is 0.739. The molecule has 1 heterocycles. The van der Waals surface area contributed by atoms with Crippen LogP contribution in [0.3, 0.4) is 0 Å². The molecule has 1 aliphatic rings. The highest BCUT2D eigenvalue weighted by Gasteiger charge is 2.19. The normalized spacial score (nSPS) is 16.4. The van der Waals surface area contributed by atoms with E-state index in [0.717, 1.165) is 6.42 Å². The molecule has 20 heavy (non-hydrogen) atoms. The summed E-state index contributed by atoms with van der Waals surface area (Å²) in [5, 5.41) is 2.79. The lowest BCUT2D eigenvalue weighted by atomic mass is 10.2. The number of nitrogens with one attached hydrogen (secondary N) is 1. The lowest BCUT2D eigenvalue weighted by Gasteiger charge is -2.20. The predicted octanol–water partition coefficient (Wildman–Crippen LogP) is 3.07. The summed E-state index contributed by atoms with van der Waals surface area (Å²) in [4.78, 5) is 15.8. The Morgan fingerprint density at radius 2 is 2.15 bits per heavy atom. The number of aromatic nitrogens is 2. The highest BCUT2D eigenvalue weighted by molar-refractivity contribution is 5.67. The van der Waals surface area contributed by atoms with E-state index in [1.807, 2.05) is 33.3 Å². The van der Waals surface area contributed by atoms with Crippen molar-refractivity contribution in [2.45, 2.75) is 64.5 Å². The Hall–Kier alpha value is -1.52. The van der Waals surface area contributed by atoms with Crippen molar-refractivity contribution in [3.05, 3.63) is 18.2 Å². The minimum Gasteiger partial charge on any atom is -0.444 e. The molecule has 2 rings (SSSR count). The highest BCUT2D eigenvalue weighted by Crippen LogP contribution is 2.30. The van der Waals surface area contributed by atoms with E-state index in [9.17, 15) is 4.79 Å². The average Bonchev–Trinajstić information content (AvgIpc) is 2.95. The second-order valence-electron chi connectivity index (χ2n) is 6.41. The molecule has 1 aromatic rings. The summed E-state index contributed by atoms with van der Waals surface area (Å²) < 4.78 is 7.48. The zero-order chi connectivity index (χ0) is 14.6. The van der Waals surface area contributed by atoms with Crippen LogP contribution in [0.1, 0.15) is 58.2 Å². The SMILES string of the molecule is CC(C)(C)OC(=O)NCCc1cncn1C1CCCC1. The molecule has 0 bridgehead atoms. The van der Waals surface area contributed by atoms with Crippen molar-refractivity contribution in [1.82, 2.24) is 14.9 Å². The van der Waals surface area contributed by atoms with Gasteiger partial charge in [-0.2, -0.15) is 0 Å². The Kier molecular flexibility index (Phi) is 4.68. The van der Waals surface area contributed by atoms with Crippen molar-refractivity contribution in [2.75, 3.05) is 6.54 Å². The smallest absolute Gasteiger partial charge is 0.407 e. The summed E-state index contributed by atoms with van der Waals surface area (Å²) in [6, 6.07) is 0.592. The molecule has 1 aromatic heterocycles. The number of hydrogen-bond acceptors (Lipinski definition) is 3. The van der Waals surface area contributed by atoms with E-state index in [-0.39, 0.29) is 6.09 Å². The number of amides is 1. The van der Waals surface area contributed by atoms with Crippen LogP contribution in [0.4, 0.5) is 4.79 Å². The number of hydrogen-bond donors (Lipinski definition) is 1. The number of rotatable bonds is 4. The number of imidazole rings is 1. The maximum absolute atomic E-state index is 11.6. The Balaban J connectivity index is 1.80. The van der Waals surface area contributed by atoms with E-state index in [4.69, 9.17) is 4.74 Å². The summed E-state index contributed by atoms with van der Waals surface area (Å²) >= 11 is 0. The van der Waals surface area contributed by atoms with E-state index in [1.165, 1.54) is 31.4 Å². The highest BCUT2D eigenvalue weighted by atomic mass is 16.6. The zero-order valence-corrected chi connectivity index (χ0v) is 12.7. The fourth-order valence-electron chi connectivity index (χ4n) is 2.64. The van der Waals surface area contributed by atoms with Crippen molar-refractivity contribution in [2.24, 2.45) is 0 Å². The quantitative estimate of drug-likeness (QED) is 0.921. The van der Waals surface area contributed by atoms with E-state index >= 15 is 0 Å². The lowest BCUT2D eigenvalue weighted by Crippen LogP contribution is -2.33. The van der Waals surface area contributed by atoms with Crippen LogP contribution in [0.25, 0.3) is 0 Å². The third kappa shape index (κ3) is 4.25. The minimum absolute atomic E-state index is 0.357. The minimum atomic E-state index is -0.449. The summed E-state index contributed by atoms with van der Waals surface area (Å²) in [6.45, 7) is 6.17. The second kappa shape index (κ2) is 6.29. The molecule has 0 aromatic carbocycles. The Morgan fingerprint density at radius 1 is 1.45 bits per heavy atom. The number of alkyl carbamates (subject to hydrolysis) is 1. The lowest BCUT2D eigenvalue weighted by molar-refractivity contribution is 0.0528. The first-order valence-corrected chi connectivity index (χ1v) is 7.43. The standard InChI is InChI=1S/C15H25N3O2/c1-15(2,3)20-14(19)17-9-8-13-10-16-11-18(13)12-6-4-5-7-12/h10-12H,4-9H2,1-3H3,(H,17,19). The molecule has 112 valence electrons. The average molecular weight is 279 g/mol. The third-order valence-electron chi connectivity index (χ3n) is 3.51. The third-order valence-corrected chi connectivity index (χ3v) is 3.51. The van der Waals surface area contributed by atoms with E-state index in [1.54, 1.807) is 0 Å². The molecule has 0 atom stereocenters. The maximum Gasteiger partial charge on any atom is 0.407 e. The zero-order valence-electron chi connectivity index (χ0n) is 12.7. The number of carbonyl (C=O) groups excluding carboxylic acids is 1. The van der Waals surface area contributed by atoms with Gasteiger partial charge in [0.05, 0.1) is 6.33 Å². The van der Waals surface area contributed by atoms with Crippen LogP contribution >= 0.6 is 0 Å². The van der Waals surface area contributed by atoms with Gasteiger partial charge in [0, 0.05) is 30.9 Å². The van der Waals surface area contributed by atoms with Crippen molar-refractivity contribution in [1.29, 1.82) is 0 Å². The van der Waals surface area contributed by atoms with Gasteiger partial charge in [-0.1, -0.05) is 12.8 Å². The van der Waals surface area contributed by atoms with Crippen molar-refractivity contribution in [3.63, 3.8) is 0 Å². The van der Waals surface area contributed by atoms with Gasteiger partial charge in [-0.05, 0) is 33.6 Å². The van der Waals surface area contributed by atoms with E-state index in [2.05, 4.69) is 14.9 Å². The van der Waals surface area contributed by atoms with Crippen molar-refractivity contribution in [3.8, 4) is 0 Å². The molecular formula is C15H25N3O2. The fraction of sp³-hybridized carbons (Fsp3) is 0.733. The number of carbonyl (C=O) groups is 1. The van der Waals surface area contributed by atoms with Gasteiger partial charge in [-0.25, -0.2) is 9.78 Å². The first-order valence-electron chi connectivity index (χ1n) is 7.43. The first kappa shape index (κ1) is 14.9. The second-order valence-corrected chi connectivity index (χ2v) is 6.41. The molecule has 1 amide bonds.